The maximum atomic E-state index is 11.7. The third kappa shape index (κ3) is 3.95. The summed E-state index contributed by atoms with van der Waals surface area (Å²) in [5, 5.41) is 0. The van der Waals surface area contributed by atoms with Crippen molar-refractivity contribution in [2.45, 2.75) is 39.7 Å². The van der Waals surface area contributed by atoms with Crippen molar-refractivity contribution in [1.29, 1.82) is 0 Å². The summed E-state index contributed by atoms with van der Waals surface area (Å²) in [5.41, 5.74) is 2.87. The number of hydrogen-bond donors (Lipinski definition) is 1. The van der Waals surface area contributed by atoms with Gasteiger partial charge in [-0.25, -0.2) is 4.98 Å². The number of nitrogens with one attached hydrogen (secondary N) is 1. The Kier molecular flexibility index (Phi) is 4.56. The fourth-order valence-corrected chi connectivity index (χ4v) is 1.93. The van der Waals surface area contributed by atoms with E-state index in [-0.39, 0.29) is 11.7 Å². The van der Waals surface area contributed by atoms with E-state index in [2.05, 4.69) is 16.0 Å². The summed E-state index contributed by atoms with van der Waals surface area (Å²) >= 11 is 0. The van der Waals surface area contributed by atoms with Crippen LogP contribution >= 0.6 is 0 Å². The summed E-state index contributed by atoms with van der Waals surface area (Å²) in [6.07, 6.45) is 1.53. The largest absolute Gasteiger partial charge is 0.462 e. The van der Waals surface area contributed by atoms with Crippen molar-refractivity contribution in [3.63, 3.8) is 0 Å². The molecule has 0 saturated carbocycles. The molecule has 4 heteroatoms. The zero-order chi connectivity index (χ0) is 14.5. The maximum Gasteiger partial charge on any atom is 0.296 e. The third-order valence-corrected chi connectivity index (χ3v) is 3.13. The van der Waals surface area contributed by atoms with Crippen molar-refractivity contribution in [3.05, 3.63) is 57.5 Å². The van der Waals surface area contributed by atoms with Gasteiger partial charge >= 0.3 is 0 Å². The molecular weight excluding hydrogens is 252 g/mol. The molecule has 0 spiro atoms. The van der Waals surface area contributed by atoms with Crippen molar-refractivity contribution >= 4 is 0 Å². The van der Waals surface area contributed by atoms with Gasteiger partial charge in [-0.3, -0.25) is 9.78 Å². The summed E-state index contributed by atoms with van der Waals surface area (Å²) in [6, 6.07) is 10.0. The van der Waals surface area contributed by atoms with Crippen LogP contribution in [0.2, 0.25) is 0 Å². The van der Waals surface area contributed by atoms with E-state index >= 15 is 0 Å². The highest BCUT2D eigenvalue weighted by atomic mass is 16.5. The van der Waals surface area contributed by atoms with E-state index in [1.165, 1.54) is 11.6 Å². The number of aromatic nitrogens is 2. The molecule has 2 rings (SSSR count). The van der Waals surface area contributed by atoms with Crippen molar-refractivity contribution in [1.82, 2.24) is 9.97 Å². The Hall–Kier alpha value is -2.10. The molecule has 4 nitrogen and oxygen atoms in total. The topological polar surface area (TPSA) is 55.0 Å². The first-order chi connectivity index (χ1) is 9.56. The SMILES string of the molecule is CCC(C)Oc1nc(Cc2cccc(C)c2)cc(=O)[nH]1. The van der Waals surface area contributed by atoms with Gasteiger partial charge in [-0.2, -0.15) is 0 Å². The van der Waals surface area contributed by atoms with Gasteiger partial charge < -0.3 is 4.74 Å². The van der Waals surface area contributed by atoms with Crippen molar-refractivity contribution < 1.29 is 4.74 Å². The minimum absolute atomic E-state index is 0.0346. The predicted molar refractivity (Wildman–Crippen MR) is 79.2 cm³/mol. The Labute approximate surface area is 118 Å². The summed E-state index contributed by atoms with van der Waals surface area (Å²) < 4.78 is 5.58. The predicted octanol–water partition coefficient (Wildman–Crippen LogP) is 2.85. The Bertz CT molecular complexity index is 634. The van der Waals surface area contributed by atoms with Crippen molar-refractivity contribution in [2.75, 3.05) is 0 Å². The average Bonchev–Trinajstić information content (AvgIpc) is 2.37. The normalized spacial score (nSPS) is 12.2. The second-order valence-electron chi connectivity index (χ2n) is 5.04. The maximum absolute atomic E-state index is 11.7. The molecule has 0 fully saturated rings. The van der Waals surface area contributed by atoms with Crippen LogP contribution in [-0.4, -0.2) is 16.1 Å². The van der Waals surface area contributed by atoms with E-state index in [4.69, 9.17) is 4.74 Å². The highest BCUT2D eigenvalue weighted by molar-refractivity contribution is 5.26. The van der Waals surface area contributed by atoms with Crippen molar-refractivity contribution in [3.8, 4) is 6.01 Å². The molecule has 0 aliphatic carbocycles. The third-order valence-electron chi connectivity index (χ3n) is 3.13. The van der Waals surface area contributed by atoms with E-state index in [1.54, 1.807) is 0 Å². The Balaban J connectivity index is 2.21. The lowest BCUT2D eigenvalue weighted by molar-refractivity contribution is 0.198. The van der Waals surface area contributed by atoms with Gasteiger partial charge in [-0.1, -0.05) is 36.8 Å². The van der Waals surface area contributed by atoms with Crippen LogP contribution in [0.15, 0.2) is 35.1 Å². The second-order valence-corrected chi connectivity index (χ2v) is 5.04. The van der Waals surface area contributed by atoms with Gasteiger partial charge in [0, 0.05) is 12.5 Å². The fraction of sp³-hybridized carbons (Fsp3) is 0.375. The molecule has 20 heavy (non-hydrogen) atoms. The molecule has 1 heterocycles. The Morgan fingerprint density at radius 2 is 2.15 bits per heavy atom. The number of aryl methyl sites for hydroxylation is 1. The molecule has 2 aromatic rings. The van der Waals surface area contributed by atoms with Crippen LogP contribution in [0.4, 0.5) is 0 Å². The van der Waals surface area contributed by atoms with E-state index in [0.29, 0.717) is 12.4 Å². The van der Waals surface area contributed by atoms with E-state index in [0.717, 1.165) is 17.7 Å². The van der Waals surface area contributed by atoms with Gasteiger partial charge in [0.15, 0.2) is 0 Å². The molecule has 0 saturated heterocycles. The van der Waals surface area contributed by atoms with Crippen LogP contribution in [0.5, 0.6) is 6.01 Å². The van der Waals surface area contributed by atoms with E-state index < -0.39 is 0 Å². The number of rotatable bonds is 5. The number of benzene rings is 1. The molecule has 0 aliphatic rings. The van der Waals surface area contributed by atoms with Gasteiger partial charge in [-0.05, 0) is 25.8 Å². The summed E-state index contributed by atoms with van der Waals surface area (Å²) in [7, 11) is 0. The van der Waals surface area contributed by atoms with Crippen LogP contribution < -0.4 is 10.3 Å². The molecule has 0 radical (unpaired) electrons. The van der Waals surface area contributed by atoms with Gasteiger partial charge in [0.1, 0.15) is 0 Å². The number of hydrogen-bond acceptors (Lipinski definition) is 3. The smallest absolute Gasteiger partial charge is 0.296 e. The second kappa shape index (κ2) is 6.37. The van der Waals surface area contributed by atoms with E-state index in [9.17, 15) is 4.79 Å². The lowest BCUT2D eigenvalue weighted by Crippen LogP contribution is -2.17. The van der Waals surface area contributed by atoms with Gasteiger partial charge in [0.25, 0.3) is 11.6 Å². The van der Waals surface area contributed by atoms with Crippen LogP contribution in [0, 0.1) is 6.92 Å². The summed E-state index contributed by atoms with van der Waals surface area (Å²) in [6.45, 7) is 6.03. The molecule has 106 valence electrons. The van der Waals surface area contributed by atoms with Crippen molar-refractivity contribution in [2.24, 2.45) is 0 Å². The van der Waals surface area contributed by atoms with Gasteiger partial charge in [0.05, 0.1) is 11.8 Å². The number of nitrogens with zero attached hydrogens (tertiary/aromatic N) is 1. The average molecular weight is 272 g/mol. The lowest BCUT2D eigenvalue weighted by atomic mass is 10.1. The summed E-state index contributed by atoms with van der Waals surface area (Å²) in [5.74, 6) is 0. The monoisotopic (exact) mass is 272 g/mol. The molecule has 1 N–H and O–H groups in total. The van der Waals surface area contributed by atoms with Gasteiger partial charge in [-0.15, -0.1) is 0 Å². The Morgan fingerprint density at radius 1 is 1.35 bits per heavy atom. The first-order valence-electron chi connectivity index (χ1n) is 6.89. The quantitative estimate of drug-likeness (QED) is 0.910. The molecule has 1 atom stereocenters. The minimum atomic E-state index is -0.180. The molecule has 0 aliphatic heterocycles. The standard InChI is InChI=1S/C16H20N2O2/c1-4-12(3)20-16-17-14(10-15(19)18-16)9-13-7-5-6-11(2)8-13/h5-8,10,12H,4,9H2,1-3H3,(H,17,18,19). The van der Waals surface area contributed by atoms with Gasteiger partial charge in [0.2, 0.25) is 0 Å². The molecule has 1 aromatic carbocycles. The minimum Gasteiger partial charge on any atom is -0.462 e. The Morgan fingerprint density at radius 3 is 2.85 bits per heavy atom. The highest BCUT2D eigenvalue weighted by Gasteiger charge is 2.07. The van der Waals surface area contributed by atoms with Crippen LogP contribution in [0.3, 0.4) is 0 Å². The summed E-state index contributed by atoms with van der Waals surface area (Å²) in [4.78, 5) is 18.7. The zero-order valence-corrected chi connectivity index (χ0v) is 12.1. The molecular formula is C16H20N2O2. The molecule has 0 bridgehead atoms. The number of H-pyrrole nitrogens is 1. The fourth-order valence-electron chi connectivity index (χ4n) is 1.93. The lowest BCUT2D eigenvalue weighted by Gasteiger charge is -2.11. The highest BCUT2D eigenvalue weighted by Crippen LogP contribution is 2.11. The molecule has 0 amide bonds. The zero-order valence-electron chi connectivity index (χ0n) is 12.1. The first-order valence-corrected chi connectivity index (χ1v) is 6.89. The number of aromatic amines is 1. The molecule has 1 unspecified atom stereocenters. The van der Waals surface area contributed by atoms with Crippen LogP contribution in [0.1, 0.15) is 37.1 Å². The van der Waals surface area contributed by atoms with Crippen LogP contribution in [-0.2, 0) is 6.42 Å². The molecule has 1 aromatic heterocycles. The van der Waals surface area contributed by atoms with Crippen LogP contribution in [0.25, 0.3) is 0 Å². The van der Waals surface area contributed by atoms with E-state index in [1.807, 2.05) is 39.0 Å². The number of ether oxygens (including phenoxy) is 1. The first kappa shape index (κ1) is 14.3.